The SMILES string of the molecule is O=c1c(-c2ccc(OCc3cccc(Cl)c3)cc2)coc2cc(OCc3cccc(Cl)c3)cc(OCc3cccc(Cl)c3)c12. The van der Waals surface area contributed by atoms with Crippen LogP contribution in [0.15, 0.2) is 125 Å². The van der Waals surface area contributed by atoms with Crippen LogP contribution in [0, 0.1) is 0 Å². The first-order valence-corrected chi connectivity index (χ1v) is 14.9. The summed E-state index contributed by atoms with van der Waals surface area (Å²) in [5.41, 5.74) is 3.88. The zero-order valence-electron chi connectivity index (χ0n) is 23.3. The molecule has 0 bridgehead atoms. The van der Waals surface area contributed by atoms with Gasteiger partial charge in [0, 0.05) is 27.2 Å². The van der Waals surface area contributed by atoms with E-state index in [1.807, 2.05) is 84.9 Å². The van der Waals surface area contributed by atoms with Gasteiger partial charge in [-0.3, -0.25) is 4.79 Å². The minimum Gasteiger partial charge on any atom is -0.489 e. The van der Waals surface area contributed by atoms with E-state index in [1.165, 1.54) is 6.26 Å². The third-order valence-electron chi connectivity index (χ3n) is 6.85. The van der Waals surface area contributed by atoms with Crippen molar-refractivity contribution in [3.63, 3.8) is 0 Å². The number of ether oxygens (including phenoxy) is 3. The molecule has 1 heterocycles. The van der Waals surface area contributed by atoms with Crippen LogP contribution in [0.1, 0.15) is 16.7 Å². The lowest BCUT2D eigenvalue weighted by Gasteiger charge is -2.14. The molecule has 0 radical (unpaired) electrons. The second kappa shape index (κ2) is 13.5. The molecule has 0 saturated carbocycles. The summed E-state index contributed by atoms with van der Waals surface area (Å²) in [5.74, 6) is 1.47. The molecule has 0 saturated heterocycles. The van der Waals surface area contributed by atoms with Gasteiger partial charge in [-0.05, 0) is 70.8 Å². The summed E-state index contributed by atoms with van der Waals surface area (Å²) in [6, 6.07) is 32.9. The Morgan fingerprint density at radius 2 is 1.09 bits per heavy atom. The van der Waals surface area contributed by atoms with Gasteiger partial charge in [0.25, 0.3) is 0 Å². The molecule has 0 unspecified atom stereocenters. The topological polar surface area (TPSA) is 57.9 Å². The van der Waals surface area contributed by atoms with Gasteiger partial charge in [0.05, 0.1) is 5.56 Å². The van der Waals surface area contributed by atoms with E-state index in [9.17, 15) is 4.79 Å². The average Bonchev–Trinajstić information content (AvgIpc) is 3.02. The van der Waals surface area contributed by atoms with Gasteiger partial charge in [0.15, 0.2) is 0 Å². The quantitative estimate of drug-likeness (QED) is 0.149. The lowest BCUT2D eigenvalue weighted by Crippen LogP contribution is -2.08. The number of halogens is 3. The Bertz CT molecular complexity index is 1990. The first-order valence-electron chi connectivity index (χ1n) is 13.7. The Hall–Kier alpha value is -4.42. The number of hydrogen-bond donors (Lipinski definition) is 0. The molecule has 0 N–H and O–H groups in total. The van der Waals surface area contributed by atoms with Gasteiger partial charge < -0.3 is 18.6 Å². The molecular formula is C36H25Cl3O5. The second-order valence-electron chi connectivity index (χ2n) is 10.1. The third kappa shape index (κ3) is 7.20. The molecule has 44 heavy (non-hydrogen) atoms. The van der Waals surface area contributed by atoms with Crippen molar-refractivity contribution in [1.82, 2.24) is 0 Å². The monoisotopic (exact) mass is 642 g/mol. The summed E-state index contributed by atoms with van der Waals surface area (Å²) in [6.45, 7) is 0.830. The van der Waals surface area contributed by atoms with E-state index in [4.69, 9.17) is 53.4 Å². The van der Waals surface area contributed by atoms with Crippen LogP contribution >= 0.6 is 34.8 Å². The molecule has 0 aliphatic carbocycles. The lowest BCUT2D eigenvalue weighted by molar-refractivity contribution is 0.292. The summed E-state index contributed by atoms with van der Waals surface area (Å²) < 4.78 is 24.2. The fourth-order valence-corrected chi connectivity index (χ4v) is 5.33. The van der Waals surface area contributed by atoms with Crippen molar-refractivity contribution in [3.8, 4) is 28.4 Å². The number of rotatable bonds is 10. The zero-order chi connectivity index (χ0) is 30.5. The van der Waals surface area contributed by atoms with Crippen molar-refractivity contribution >= 4 is 45.8 Å². The van der Waals surface area contributed by atoms with Crippen molar-refractivity contribution in [2.45, 2.75) is 19.8 Å². The van der Waals surface area contributed by atoms with Gasteiger partial charge in [-0.15, -0.1) is 0 Å². The molecule has 5 aromatic carbocycles. The molecule has 0 amide bonds. The van der Waals surface area contributed by atoms with E-state index in [2.05, 4.69) is 0 Å². The predicted molar refractivity (Wildman–Crippen MR) is 175 cm³/mol. The standard InChI is InChI=1S/C36H25Cl3O5/c37-27-7-1-4-23(14-27)19-41-30-12-10-26(11-13-30)32-22-44-34-18-31(42-20-24-5-2-8-28(38)15-24)17-33(35(34)36(32)40)43-21-25-6-3-9-29(39)16-25/h1-18,22H,19-21H2. The maximum atomic E-state index is 13.9. The number of hydrogen-bond acceptors (Lipinski definition) is 5. The summed E-state index contributed by atoms with van der Waals surface area (Å²) in [6.07, 6.45) is 1.45. The van der Waals surface area contributed by atoms with Crippen molar-refractivity contribution in [1.29, 1.82) is 0 Å². The predicted octanol–water partition coefficient (Wildman–Crippen LogP) is 10.2. The van der Waals surface area contributed by atoms with Crippen molar-refractivity contribution in [3.05, 3.63) is 157 Å². The maximum absolute atomic E-state index is 13.9. The van der Waals surface area contributed by atoms with Gasteiger partial charge in [-0.1, -0.05) is 83.3 Å². The fourth-order valence-electron chi connectivity index (χ4n) is 4.69. The van der Waals surface area contributed by atoms with Gasteiger partial charge in [-0.2, -0.15) is 0 Å². The van der Waals surface area contributed by atoms with Crippen LogP contribution < -0.4 is 19.6 Å². The van der Waals surface area contributed by atoms with Gasteiger partial charge >= 0.3 is 0 Å². The van der Waals surface area contributed by atoms with E-state index in [0.717, 1.165) is 16.7 Å². The molecule has 0 spiro atoms. The Morgan fingerprint density at radius 1 is 0.568 bits per heavy atom. The van der Waals surface area contributed by atoms with Crippen LogP contribution in [0.2, 0.25) is 15.1 Å². The van der Waals surface area contributed by atoms with Crippen molar-refractivity contribution in [2.75, 3.05) is 0 Å². The Kier molecular flexibility index (Phi) is 9.08. The highest BCUT2D eigenvalue weighted by molar-refractivity contribution is 6.31. The Morgan fingerprint density at radius 3 is 1.64 bits per heavy atom. The van der Waals surface area contributed by atoms with E-state index < -0.39 is 0 Å². The molecule has 0 aliphatic rings. The number of benzene rings is 5. The Labute approximate surface area is 269 Å². The van der Waals surface area contributed by atoms with Crippen molar-refractivity contribution in [2.24, 2.45) is 0 Å². The summed E-state index contributed by atoms with van der Waals surface area (Å²) >= 11 is 18.4. The second-order valence-corrected chi connectivity index (χ2v) is 11.4. The number of fused-ring (bicyclic) bond motifs is 1. The largest absolute Gasteiger partial charge is 0.489 e. The van der Waals surface area contributed by atoms with Crippen LogP contribution in [0.3, 0.4) is 0 Å². The minimum atomic E-state index is -0.235. The molecule has 6 aromatic rings. The Balaban J connectivity index is 1.29. The first kappa shape index (κ1) is 29.6. The molecular weight excluding hydrogens is 619 g/mol. The van der Waals surface area contributed by atoms with E-state index >= 15 is 0 Å². The molecule has 1 aromatic heterocycles. The maximum Gasteiger partial charge on any atom is 0.204 e. The van der Waals surface area contributed by atoms with Crippen LogP contribution in [0.25, 0.3) is 22.1 Å². The highest BCUT2D eigenvalue weighted by atomic mass is 35.5. The molecule has 0 fully saturated rings. The lowest BCUT2D eigenvalue weighted by atomic mass is 10.0. The summed E-state index contributed by atoms with van der Waals surface area (Å²) in [7, 11) is 0. The molecule has 6 rings (SSSR count). The van der Waals surface area contributed by atoms with Crippen LogP contribution in [0.5, 0.6) is 17.2 Å². The molecule has 220 valence electrons. The third-order valence-corrected chi connectivity index (χ3v) is 7.56. The normalized spacial score (nSPS) is 11.0. The molecule has 8 heteroatoms. The molecule has 5 nitrogen and oxygen atoms in total. The van der Waals surface area contributed by atoms with E-state index in [0.29, 0.717) is 61.0 Å². The van der Waals surface area contributed by atoms with Gasteiger partial charge in [-0.25, -0.2) is 0 Å². The first-order chi connectivity index (χ1) is 21.4. The summed E-state index contributed by atoms with van der Waals surface area (Å²) in [4.78, 5) is 13.9. The highest BCUT2D eigenvalue weighted by Crippen LogP contribution is 2.33. The van der Waals surface area contributed by atoms with E-state index in [1.54, 1.807) is 24.3 Å². The van der Waals surface area contributed by atoms with Crippen LogP contribution in [-0.4, -0.2) is 0 Å². The minimum absolute atomic E-state index is 0.190. The van der Waals surface area contributed by atoms with Crippen molar-refractivity contribution < 1.29 is 18.6 Å². The zero-order valence-corrected chi connectivity index (χ0v) is 25.5. The van der Waals surface area contributed by atoms with Crippen LogP contribution in [0.4, 0.5) is 0 Å². The van der Waals surface area contributed by atoms with Gasteiger partial charge in [0.2, 0.25) is 5.43 Å². The molecule has 0 aliphatic heterocycles. The molecule has 0 atom stereocenters. The van der Waals surface area contributed by atoms with E-state index in [-0.39, 0.29) is 18.6 Å². The van der Waals surface area contributed by atoms with Crippen LogP contribution in [-0.2, 0) is 19.8 Å². The highest BCUT2D eigenvalue weighted by Gasteiger charge is 2.17. The van der Waals surface area contributed by atoms with Gasteiger partial charge in [0.1, 0.15) is 54.3 Å². The smallest absolute Gasteiger partial charge is 0.204 e. The fraction of sp³-hybridized carbons (Fsp3) is 0.0833. The summed E-state index contributed by atoms with van der Waals surface area (Å²) in [5, 5.41) is 2.17. The average molecular weight is 644 g/mol.